The summed E-state index contributed by atoms with van der Waals surface area (Å²) in [7, 11) is -3.80. The molecule has 2 N–H and O–H groups in total. The van der Waals surface area contributed by atoms with Gasteiger partial charge in [0.25, 0.3) is 5.91 Å². The molecule has 1 fully saturated rings. The predicted molar refractivity (Wildman–Crippen MR) is 87.4 cm³/mol. The van der Waals surface area contributed by atoms with Gasteiger partial charge in [-0.05, 0) is 18.2 Å². The van der Waals surface area contributed by atoms with Gasteiger partial charge in [-0.25, -0.2) is 8.42 Å². The van der Waals surface area contributed by atoms with Gasteiger partial charge in [0.05, 0.1) is 4.90 Å². The lowest BCUT2D eigenvalue weighted by molar-refractivity contribution is -0.135. The van der Waals surface area contributed by atoms with Crippen LogP contribution in [-0.2, 0) is 19.6 Å². The van der Waals surface area contributed by atoms with Crippen LogP contribution in [-0.4, -0.2) is 73.2 Å². The average Bonchev–Trinajstić information content (AvgIpc) is 2.59. The van der Waals surface area contributed by atoms with Gasteiger partial charge in [-0.15, -0.1) is 0 Å². The van der Waals surface area contributed by atoms with E-state index in [0.29, 0.717) is 13.1 Å². The summed E-state index contributed by atoms with van der Waals surface area (Å²) in [5.41, 5.74) is 0.0599. The number of nitrogens with one attached hydrogen (secondary N) is 1. The van der Waals surface area contributed by atoms with Crippen molar-refractivity contribution in [1.29, 1.82) is 0 Å². The average molecular weight is 369 g/mol. The van der Waals surface area contributed by atoms with Gasteiger partial charge in [-0.2, -0.15) is 4.31 Å². The molecule has 136 valence electrons. The standard InChI is InChI=1S/C15H19N3O6S/c1-11(19)17-5-7-18(8-6-17)25(23,24)13-4-2-3-12(9-13)15(22)16-10-14(20)21/h2-4,9H,5-8,10H2,1H3,(H,16,22)(H,20,21). The van der Waals surface area contributed by atoms with E-state index in [1.807, 2.05) is 0 Å². The van der Waals surface area contributed by atoms with E-state index < -0.39 is 28.4 Å². The smallest absolute Gasteiger partial charge is 0.322 e. The molecule has 1 aromatic rings. The zero-order valence-corrected chi connectivity index (χ0v) is 14.5. The zero-order chi connectivity index (χ0) is 18.6. The van der Waals surface area contributed by atoms with E-state index in [2.05, 4.69) is 5.32 Å². The van der Waals surface area contributed by atoms with Gasteiger partial charge in [0.2, 0.25) is 15.9 Å². The quantitative estimate of drug-likeness (QED) is 0.711. The van der Waals surface area contributed by atoms with E-state index in [-0.39, 0.29) is 29.5 Å². The molecular weight excluding hydrogens is 350 g/mol. The Morgan fingerprint density at radius 3 is 2.36 bits per heavy atom. The lowest BCUT2D eigenvalue weighted by atomic mass is 10.2. The number of hydrogen-bond donors (Lipinski definition) is 2. The summed E-state index contributed by atoms with van der Waals surface area (Å²) >= 11 is 0. The second-order valence-corrected chi connectivity index (χ2v) is 7.45. The monoisotopic (exact) mass is 369 g/mol. The third-order valence-electron chi connectivity index (χ3n) is 3.82. The number of nitrogens with zero attached hydrogens (tertiary/aromatic N) is 2. The maximum absolute atomic E-state index is 12.7. The highest BCUT2D eigenvalue weighted by molar-refractivity contribution is 7.89. The van der Waals surface area contributed by atoms with E-state index in [9.17, 15) is 22.8 Å². The number of hydrogen-bond acceptors (Lipinski definition) is 5. The van der Waals surface area contributed by atoms with Crippen LogP contribution >= 0.6 is 0 Å². The lowest BCUT2D eigenvalue weighted by Gasteiger charge is -2.33. The number of carboxylic acid groups (broad SMARTS) is 1. The van der Waals surface area contributed by atoms with Crippen molar-refractivity contribution in [2.75, 3.05) is 32.7 Å². The molecule has 0 aromatic heterocycles. The molecule has 0 bridgehead atoms. The summed E-state index contributed by atoms with van der Waals surface area (Å²) in [4.78, 5) is 35.2. The van der Waals surface area contributed by atoms with Gasteiger partial charge < -0.3 is 15.3 Å². The molecular formula is C15H19N3O6S. The molecule has 25 heavy (non-hydrogen) atoms. The molecule has 0 aliphatic carbocycles. The number of rotatable bonds is 5. The highest BCUT2D eigenvalue weighted by Gasteiger charge is 2.29. The van der Waals surface area contributed by atoms with Gasteiger partial charge in [-0.3, -0.25) is 14.4 Å². The van der Waals surface area contributed by atoms with Crippen LogP contribution in [0.1, 0.15) is 17.3 Å². The molecule has 9 nitrogen and oxygen atoms in total. The largest absolute Gasteiger partial charge is 0.480 e. The molecule has 0 atom stereocenters. The Kier molecular flexibility index (Phi) is 5.75. The van der Waals surface area contributed by atoms with Gasteiger partial charge in [0, 0.05) is 38.7 Å². The minimum absolute atomic E-state index is 0.0493. The fourth-order valence-electron chi connectivity index (χ4n) is 2.45. The highest BCUT2D eigenvalue weighted by Crippen LogP contribution is 2.19. The Balaban J connectivity index is 2.15. The van der Waals surface area contributed by atoms with Crippen molar-refractivity contribution < 1.29 is 27.9 Å². The van der Waals surface area contributed by atoms with Crippen molar-refractivity contribution in [2.45, 2.75) is 11.8 Å². The van der Waals surface area contributed by atoms with Crippen LogP contribution in [0.25, 0.3) is 0 Å². The molecule has 0 spiro atoms. The Bertz CT molecular complexity index is 784. The Hall–Kier alpha value is -2.46. The second-order valence-electron chi connectivity index (χ2n) is 5.51. The minimum Gasteiger partial charge on any atom is -0.480 e. The summed E-state index contributed by atoms with van der Waals surface area (Å²) in [5, 5.41) is 10.8. The van der Waals surface area contributed by atoms with Crippen LogP contribution < -0.4 is 5.32 Å². The number of sulfonamides is 1. The van der Waals surface area contributed by atoms with E-state index in [1.165, 1.54) is 35.5 Å². The first-order chi connectivity index (χ1) is 11.7. The molecule has 0 radical (unpaired) electrons. The summed E-state index contributed by atoms with van der Waals surface area (Å²) < 4.78 is 26.7. The fourth-order valence-corrected chi connectivity index (χ4v) is 3.92. The van der Waals surface area contributed by atoms with Crippen molar-refractivity contribution in [1.82, 2.24) is 14.5 Å². The third kappa shape index (κ3) is 4.54. The van der Waals surface area contributed by atoms with Crippen LogP contribution in [0.3, 0.4) is 0 Å². The molecule has 10 heteroatoms. The van der Waals surface area contributed by atoms with Crippen molar-refractivity contribution >= 4 is 27.8 Å². The first kappa shape index (κ1) is 18.9. The first-order valence-electron chi connectivity index (χ1n) is 7.57. The molecule has 1 heterocycles. The van der Waals surface area contributed by atoms with Crippen LogP contribution in [0.15, 0.2) is 29.2 Å². The van der Waals surface area contributed by atoms with Crippen LogP contribution in [0.5, 0.6) is 0 Å². The van der Waals surface area contributed by atoms with Crippen LogP contribution in [0.2, 0.25) is 0 Å². The summed E-state index contributed by atoms with van der Waals surface area (Å²) in [5.74, 6) is -1.96. The highest BCUT2D eigenvalue weighted by atomic mass is 32.2. The number of piperazine rings is 1. The Morgan fingerprint density at radius 2 is 1.80 bits per heavy atom. The molecule has 0 unspecified atom stereocenters. The summed E-state index contributed by atoms with van der Waals surface area (Å²) in [6.45, 7) is 1.86. The summed E-state index contributed by atoms with van der Waals surface area (Å²) in [6, 6.07) is 5.42. The first-order valence-corrected chi connectivity index (χ1v) is 9.01. The SMILES string of the molecule is CC(=O)N1CCN(S(=O)(=O)c2cccc(C(=O)NCC(=O)O)c2)CC1. The normalized spacial score (nSPS) is 15.6. The van der Waals surface area contributed by atoms with Crippen LogP contribution in [0, 0.1) is 0 Å². The molecule has 0 saturated carbocycles. The molecule has 2 amide bonds. The number of carbonyl (C=O) groups excluding carboxylic acids is 2. The number of aliphatic carboxylic acids is 1. The van der Waals surface area contributed by atoms with E-state index in [1.54, 1.807) is 4.90 Å². The second kappa shape index (κ2) is 7.62. The van der Waals surface area contributed by atoms with Gasteiger partial charge in [-0.1, -0.05) is 6.07 Å². The van der Waals surface area contributed by atoms with E-state index in [0.717, 1.165) is 0 Å². The van der Waals surface area contributed by atoms with Crippen molar-refractivity contribution in [3.05, 3.63) is 29.8 Å². The number of benzene rings is 1. The fraction of sp³-hybridized carbons (Fsp3) is 0.400. The van der Waals surface area contributed by atoms with Crippen LogP contribution in [0.4, 0.5) is 0 Å². The predicted octanol–water partition coefficient (Wildman–Crippen LogP) is -0.646. The van der Waals surface area contributed by atoms with E-state index >= 15 is 0 Å². The van der Waals surface area contributed by atoms with Crippen molar-refractivity contribution in [3.63, 3.8) is 0 Å². The number of carbonyl (C=O) groups is 3. The topological polar surface area (TPSA) is 124 Å². The molecule has 1 saturated heterocycles. The van der Waals surface area contributed by atoms with E-state index in [4.69, 9.17) is 5.11 Å². The van der Waals surface area contributed by atoms with Crippen molar-refractivity contribution in [3.8, 4) is 0 Å². The Labute approximate surface area is 145 Å². The maximum Gasteiger partial charge on any atom is 0.322 e. The number of amides is 2. The molecule has 2 rings (SSSR count). The lowest BCUT2D eigenvalue weighted by Crippen LogP contribution is -2.49. The minimum atomic E-state index is -3.80. The zero-order valence-electron chi connectivity index (χ0n) is 13.6. The Morgan fingerprint density at radius 1 is 1.16 bits per heavy atom. The van der Waals surface area contributed by atoms with Crippen molar-refractivity contribution in [2.24, 2.45) is 0 Å². The number of carboxylic acids is 1. The molecule has 1 aliphatic rings. The summed E-state index contributed by atoms with van der Waals surface area (Å²) in [6.07, 6.45) is 0. The van der Waals surface area contributed by atoms with Gasteiger partial charge >= 0.3 is 5.97 Å². The third-order valence-corrected chi connectivity index (χ3v) is 5.71. The van der Waals surface area contributed by atoms with Gasteiger partial charge in [0.15, 0.2) is 0 Å². The maximum atomic E-state index is 12.7. The molecule has 1 aromatic carbocycles. The van der Waals surface area contributed by atoms with Gasteiger partial charge in [0.1, 0.15) is 6.54 Å². The molecule has 1 aliphatic heterocycles.